The van der Waals surface area contributed by atoms with Crippen LogP contribution in [0, 0.1) is 5.92 Å². The second-order valence-electron chi connectivity index (χ2n) is 5.81. The van der Waals surface area contributed by atoms with Gasteiger partial charge in [0.05, 0.1) is 13.1 Å². The first-order valence-corrected chi connectivity index (χ1v) is 7.23. The fraction of sp³-hybridized carbons (Fsp3) is 0.929. The van der Waals surface area contributed by atoms with Crippen LogP contribution in [-0.2, 0) is 9.53 Å². The number of hydrogen-bond donors (Lipinski definition) is 1. The molecule has 0 aliphatic carbocycles. The predicted octanol–water partition coefficient (Wildman–Crippen LogP) is 1.89. The van der Waals surface area contributed by atoms with Crippen molar-refractivity contribution < 1.29 is 18.3 Å². The summed E-state index contributed by atoms with van der Waals surface area (Å²) in [5, 5.41) is 2.73. The molecule has 1 N–H and O–H groups in total. The van der Waals surface area contributed by atoms with Crippen LogP contribution < -0.4 is 5.32 Å². The first-order chi connectivity index (χ1) is 9.35. The maximum absolute atomic E-state index is 14.0. The van der Waals surface area contributed by atoms with E-state index in [1.807, 2.05) is 13.8 Å². The molecule has 1 aliphatic heterocycles. The molecule has 1 amide bonds. The highest BCUT2D eigenvalue weighted by atomic mass is 19.3. The van der Waals surface area contributed by atoms with E-state index in [9.17, 15) is 13.6 Å². The number of ether oxygens (including phenoxy) is 1. The Morgan fingerprint density at radius 2 is 2.20 bits per heavy atom. The first-order valence-electron chi connectivity index (χ1n) is 7.23. The van der Waals surface area contributed by atoms with Crippen molar-refractivity contribution in [2.24, 2.45) is 5.92 Å². The van der Waals surface area contributed by atoms with Gasteiger partial charge in [-0.3, -0.25) is 9.69 Å². The number of piperidine rings is 1. The summed E-state index contributed by atoms with van der Waals surface area (Å²) in [7, 11) is 1.58. The number of alkyl halides is 2. The number of rotatable bonds is 7. The third-order valence-electron chi connectivity index (χ3n) is 3.54. The van der Waals surface area contributed by atoms with Gasteiger partial charge in [-0.2, -0.15) is 0 Å². The van der Waals surface area contributed by atoms with Crippen LogP contribution in [0.2, 0.25) is 0 Å². The van der Waals surface area contributed by atoms with Gasteiger partial charge >= 0.3 is 0 Å². The van der Waals surface area contributed by atoms with E-state index in [1.165, 1.54) is 0 Å². The van der Waals surface area contributed by atoms with E-state index < -0.39 is 11.8 Å². The highest BCUT2D eigenvalue weighted by Gasteiger charge is 2.44. The van der Waals surface area contributed by atoms with Gasteiger partial charge < -0.3 is 10.1 Å². The molecule has 0 aromatic heterocycles. The van der Waals surface area contributed by atoms with Gasteiger partial charge in [-0.25, -0.2) is 8.78 Å². The smallest absolute Gasteiger partial charge is 0.263 e. The molecule has 1 fully saturated rings. The third-order valence-corrected chi connectivity index (χ3v) is 3.54. The van der Waals surface area contributed by atoms with Gasteiger partial charge in [0, 0.05) is 25.7 Å². The Balaban J connectivity index is 2.41. The number of likely N-dealkylation sites (tertiary alicyclic amines) is 1. The van der Waals surface area contributed by atoms with Gasteiger partial charge in [-0.1, -0.05) is 0 Å². The zero-order valence-corrected chi connectivity index (χ0v) is 12.6. The molecule has 1 heterocycles. The molecule has 6 heteroatoms. The van der Waals surface area contributed by atoms with Crippen molar-refractivity contribution in [3.63, 3.8) is 0 Å². The van der Waals surface area contributed by atoms with Crippen LogP contribution in [0.5, 0.6) is 0 Å². The zero-order valence-electron chi connectivity index (χ0n) is 12.6. The molecule has 1 saturated heterocycles. The molecular weight excluding hydrogens is 266 g/mol. The largest absolute Gasteiger partial charge is 0.385 e. The topological polar surface area (TPSA) is 41.6 Å². The predicted molar refractivity (Wildman–Crippen MR) is 73.9 cm³/mol. The Hall–Kier alpha value is -0.750. The van der Waals surface area contributed by atoms with Crippen molar-refractivity contribution in [3.8, 4) is 0 Å². The van der Waals surface area contributed by atoms with Gasteiger partial charge in [0.25, 0.3) is 5.92 Å². The Morgan fingerprint density at radius 3 is 2.75 bits per heavy atom. The summed E-state index contributed by atoms with van der Waals surface area (Å²) < 4.78 is 33.0. The van der Waals surface area contributed by atoms with Crippen molar-refractivity contribution in [3.05, 3.63) is 0 Å². The van der Waals surface area contributed by atoms with Crippen molar-refractivity contribution in [1.82, 2.24) is 10.2 Å². The van der Waals surface area contributed by atoms with Crippen LogP contribution in [0.25, 0.3) is 0 Å². The second-order valence-corrected chi connectivity index (χ2v) is 5.81. The molecule has 0 spiro atoms. The number of methoxy groups -OCH3 is 1. The number of nitrogens with zero attached hydrogens (tertiary/aromatic N) is 1. The molecule has 0 aromatic rings. The maximum Gasteiger partial charge on any atom is 0.263 e. The number of amides is 1. The maximum atomic E-state index is 14.0. The molecule has 0 aromatic carbocycles. The number of carbonyl (C=O) groups is 1. The summed E-state index contributed by atoms with van der Waals surface area (Å²) in [6.07, 6.45) is 1.57. The molecule has 1 unspecified atom stereocenters. The van der Waals surface area contributed by atoms with E-state index in [0.717, 1.165) is 0 Å². The molecule has 1 atom stereocenters. The fourth-order valence-corrected chi connectivity index (χ4v) is 2.59. The minimum Gasteiger partial charge on any atom is -0.385 e. The Bertz CT molecular complexity index is 312. The molecule has 20 heavy (non-hydrogen) atoms. The Labute approximate surface area is 119 Å². The molecular formula is C14H26F2N2O2. The van der Waals surface area contributed by atoms with Crippen molar-refractivity contribution in [2.45, 2.75) is 45.1 Å². The number of carbonyl (C=O) groups excluding carboxylic acids is 1. The van der Waals surface area contributed by atoms with Crippen molar-refractivity contribution in [2.75, 3.05) is 33.4 Å². The number of hydrogen-bond acceptors (Lipinski definition) is 3. The van der Waals surface area contributed by atoms with Gasteiger partial charge in [0.15, 0.2) is 0 Å². The Kier molecular flexibility index (Phi) is 6.82. The normalized spacial score (nSPS) is 23.0. The monoisotopic (exact) mass is 292 g/mol. The standard InChI is InChI=1S/C14H26F2N2O2/c1-11(2)17-13(19)9-18-7-6-12(5-4-8-20-3)14(15,16)10-18/h11-12H,4-10H2,1-3H3,(H,17,19). The van der Waals surface area contributed by atoms with E-state index in [2.05, 4.69) is 5.32 Å². The van der Waals surface area contributed by atoms with Crippen molar-refractivity contribution in [1.29, 1.82) is 0 Å². The molecule has 0 bridgehead atoms. The van der Waals surface area contributed by atoms with E-state index >= 15 is 0 Å². The van der Waals surface area contributed by atoms with Crippen LogP contribution in [0.4, 0.5) is 8.78 Å². The van der Waals surface area contributed by atoms with E-state index in [1.54, 1.807) is 12.0 Å². The van der Waals surface area contributed by atoms with Crippen molar-refractivity contribution >= 4 is 5.91 Å². The summed E-state index contributed by atoms with van der Waals surface area (Å²) in [6.45, 7) is 4.52. The molecule has 1 aliphatic rings. The summed E-state index contributed by atoms with van der Waals surface area (Å²) in [4.78, 5) is 13.2. The third kappa shape index (κ3) is 5.71. The summed E-state index contributed by atoms with van der Waals surface area (Å²) in [6, 6.07) is 0.0367. The van der Waals surface area contributed by atoms with Crippen LogP contribution in [0.1, 0.15) is 33.1 Å². The highest BCUT2D eigenvalue weighted by molar-refractivity contribution is 5.78. The van der Waals surface area contributed by atoms with E-state index in [0.29, 0.717) is 32.4 Å². The summed E-state index contributed by atoms with van der Waals surface area (Å²) in [5.41, 5.74) is 0. The minimum absolute atomic E-state index is 0.0367. The van der Waals surface area contributed by atoms with E-state index in [4.69, 9.17) is 4.74 Å². The van der Waals surface area contributed by atoms with Crippen LogP contribution in [-0.4, -0.2) is 56.1 Å². The van der Waals surface area contributed by atoms with E-state index in [-0.39, 0.29) is 25.0 Å². The number of halogens is 2. The second kappa shape index (κ2) is 7.88. The Morgan fingerprint density at radius 1 is 1.50 bits per heavy atom. The molecule has 0 saturated carbocycles. The lowest BCUT2D eigenvalue weighted by Crippen LogP contribution is -2.51. The van der Waals surface area contributed by atoms with Gasteiger partial charge in [-0.05, 0) is 39.7 Å². The summed E-state index contributed by atoms with van der Waals surface area (Å²) in [5.74, 6) is -3.50. The molecule has 118 valence electrons. The quantitative estimate of drug-likeness (QED) is 0.729. The molecule has 4 nitrogen and oxygen atoms in total. The SMILES string of the molecule is COCCCC1CCN(CC(=O)NC(C)C)CC1(F)F. The first kappa shape index (κ1) is 17.3. The van der Waals surface area contributed by atoms with Gasteiger partial charge in [-0.15, -0.1) is 0 Å². The minimum atomic E-state index is -2.72. The molecule has 0 radical (unpaired) electrons. The molecule has 1 rings (SSSR count). The van der Waals surface area contributed by atoms with Crippen LogP contribution in [0.15, 0.2) is 0 Å². The lowest BCUT2D eigenvalue weighted by molar-refractivity contribution is -0.132. The highest BCUT2D eigenvalue weighted by Crippen LogP contribution is 2.35. The fourth-order valence-electron chi connectivity index (χ4n) is 2.59. The average molecular weight is 292 g/mol. The van der Waals surface area contributed by atoms with Crippen LogP contribution in [0.3, 0.4) is 0 Å². The lowest BCUT2D eigenvalue weighted by Gasteiger charge is -2.38. The zero-order chi connectivity index (χ0) is 15.2. The van der Waals surface area contributed by atoms with Crippen LogP contribution >= 0.6 is 0 Å². The lowest BCUT2D eigenvalue weighted by atomic mass is 9.88. The number of nitrogens with one attached hydrogen (secondary N) is 1. The van der Waals surface area contributed by atoms with Gasteiger partial charge in [0.2, 0.25) is 5.91 Å². The average Bonchev–Trinajstić information content (AvgIpc) is 2.30. The van der Waals surface area contributed by atoms with Gasteiger partial charge in [0.1, 0.15) is 0 Å². The summed E-state index contributed by atoms with van der Waals surface area (Å²) >= 11 is 0.